The van der Waals surface area contributed by atoms with Crippen molar-refractivity contribution in [1.29, 1.82) is 0 Å². The van der Waals surface area contributed by atoms with Crippen LogP contribution >= 0.6 is 11.3 Å². The van der Waals surface area contributed by atoms with Crippen LogP contribution in [0, 0.1) is 5.41 Å². The summed E-state index contributed by atoms with van der Waals surface area (Å²) in [6.07, 6.45) is 2.73. The molecule has 0 amide bonds. The third-order valence-corrected chi connectivity index (χ3v) is 3.70. The summed E-state index contributed by atoms with van der Waals surface area (Å²) in [7, 11) is 2.18. The molecule has 3 nitrogen and oxygen atoms in total. The molecule has 1 aromatic heterocycles. The fraction of sp³-hybridized carbons (Fsp3) is 0.769. The van der Waals surface area contributed by atoms with Crippen LogP contribution in [0.1, 0.15) is 32.4 Å². The largest absolute Gasteiger partial charge is 0.313 e. The summed E-state index contributed by atoms with van der Waals surface area (Å²) >= 11 is 1.67. The molecule has 0 bridgehead atoms. The average molecular weight is 253 g/mol. The van der Waals surface area contributed by atoms with Crippen molar-refractivity contribution in [2.45, 2.75) is 39.3 Å². The predicted molar refractivity (Wildman–Crippen MR) is 73.3 cm³/mol. The van der Waals surface area contributed by atoms with Gasteiger partial charge in [0.15, 0.2) is 0 Å². The van der Waals surface area contributed by atoms with Crippen molar-refractivity contribution >= 4 is 11.3 Å². The first-order valence-corrected chi connectivity index (χ1v) is 7.28. The van der Waals surface area contributed by atoms with Crippen molar-refractivity contribution in [2.24, 2.45) is 5.41 Å². The molecule has 96 valence electrons. The second-order valence-electron chi connectivity index (χ2n) is 5.97. The van der Waals surface area contributed by atoms with Gasteiger partial charge in [0.25, 0.3) is 0 Å². The summed E-state index contributed by atoms with van der Waals surface area (Å²) in [5.74, 6) is 0. The number of hydrogen-bond acceptors (Lipinski definition) is 4. The summed E-state index contributed by atoms with van der Waals surface area (Å²) in [5, 5.41) is 5.75. The zero-order valence-electron chi connectivity index (χ0n) is 11.1. The van der Waals surface area contributed by atoms with Gasteiger partial charge in [-0.3, -0.25) is 4.90 Å². The average Bonchev–Trinajstić information content (AvgIpc) is 2.94. The van der Waals surface area contributed by atoms with E-state index in [0.29, 0.717) is 5.41 Å². The first kappa shape index (κ1) is 13.0. The standard InChI is InChI=1S/C13H23N3S/c1-13(2,8-14-11-4-5-11)9-16(3)6-12-7-17-10-15-12/h7,10-11,14H,4-6,8-9H2,1-3H3. The minimum absolute atomic E-state index is 0.327. The molecule has 0 aliphatic heterocycles. The molecule has 1 aliphatic carbocycles. The summed E-state index contributed by atoms with van der Waals surface area (Å²) in [4.78, 5) is 6.70. The molecular formula is C13H23N3S. The minimum Gasteiger partial charge on any atom is -0.313 e. The van der Waals surface area contributed by atoms with Crippen LogP contribution in [0.2, 0.25) is 0 Å². The Balaban J connectivity index is 1.73. The van der Waals surface area contributed by atoms with E-state index in [1.165, 1.54) is 18.5 Å². The van der Waals surface area contributed by atoms with E-state index in [2.05, 4.69) is 41.5 Å². The Morgan fingerprint density at radius 1 is 1.53 bits per heavy atom. The van der Waals surface area contributed by atoms with Gasteiger partial charge in [0.2, 0.25) is 0 Å². The number of thiazole rings is 1. The lowest BCUT2D eigenvalue weighted by Gasteiger charge is -2.30. The molecule has 0 unspecified atom stereocenters. The normalized spacial score (nSPS) is 16.7. The van der Waals surface area contributed by atoms with Crippen LogP contribution in [0.25, 0.3) is 0 Å². The Morgan fingerprint density at radius 3 is 2.88 bits per heavy atom. The molecule has 1 aromatic rings. The number of nitrogens with one attached hydrogen (secondary N) is 1. The molecule has 2 rings (SSSR count). The molecule has 0 saturated heterocycles. The molecule has 1 fully saturated rings. The van der Waals surface area contributed by atoms with Crippen molar-refractivity contribution < 1.29 is 0 Å². The molecule has 1 saturated carbocycles. The monoisotopic (exact) mass is 253 g/mol. The molecule has 1 heterocycles. The first-order chi connectivity index (χ1) is 8.05. The van der Waals surface area contributed by atoms with E-state index in [9.17, 15) is 0 Å². The molecule has 4 heteroatoms. The zero-order valence-corrected chi connectivity index (χ0v) is 11.9. The summed E-state index contributed by atoms with van der Waals surface area (Å²) in [5.41, 5.74) is 3.42. The third-order valence-electron chi connectivity index (χ3n) is 3.06. The quantitative estimate of drug-likeness (QED) is 0.808. The SMILES string of the molecule is CN(Cc1cscn1)CC(C)(C)CNC1CC1. The number of aromatic nitrogens is 1. The van der Waals surface area contributed by atoms with Gasteiger partial charge in [0.05, 0.1) is 11.2 Å². The fourth-order valence-corrected chi connectivity index (χ4v) is 2.69. The van der Waals surface area contributed by atoms with E-state index >= 15 is 0 Å². The number of nitrogens with zero attached hydrogens (tertiary/aromatic N) is 2. The van der Waals surface area contributed by atoms with Crippen LogP contribution in [-0.4, -0.2) is 36.1 Å². The van der Waals surface area contributed by atoms with Crippen molar-refractivity contribution in [3.8, 4) is 0 Å². The van der Waals surface area contributed by atoms with Gasteiger partial charge in [-0.25, -0.2) is 4.98 Å². The van der Waals surface area contributed by atoms with Gasteiger partial charge >= 0.3 is 0 Å². The molecule has 0 spiro atoms. The van der Waals surface area contributed by atoms with E-state index < -0.39 is 0 Å². The van der Waals surface area contributed by atoms with Crippen LogP contribution < -0.4 is 5.32 Å². The van der Waals surface area contributed by atoms with Crippen LogP contribution in [0.5, 0.6) is 0 Å². The van der Waals surface area contributed by atoms with Crippen LogP contribution in [0.3, 0.4) is 0 Å². The van der Waals surface area contributed by atoms with Crippen LogP contribution in [0.15, 0.2) is 10.9 Å². The van der Waals surface area contributed by atoms with Gasteiger partial charge in [0, 0.05) is 31.1 Å². The molecule has 0 radical (unpaired) electrons. The van der Waals surface area contributed by atoms with E-state index in [4.69, 9.17) is 0 Å². The van der Waals surface area contributed by atoms with Gasteiger partial charge < -0.3 is 5.32 Å². The number of hydrogen-bond donors (Lipinski definition) is 1. The van der Waals surface area contributed by atoms with Gasteiger partial charge in [-0.15, -0.1) is 11.3 Å². The zero-order chi connectivity index (χ0) is 12.3. The first-order valence-electron chi connectivity index (χ1n) is 6.34. The highest BCUT2D eigenvalue weighted by Gasteiger charge is 2.26. The van der Waals surface area contributed by atoms with E-state index in [1.54, 1.807) is 11.3 Å². The Bertz CT molecular complexity index is 330. The maximum atomic E-state index is 4.33. The van der Waals surface area contributed by atoms with Gasteiger partial charge in [-0.05, 0) is 25.3 Å². The smallest absolute Gasteiger partial charge is 0.0795 e. The molecule has 1 N–H and O–H groups in total. The molecule has 1 aliphatic rings. The number of rotatable bonds is 7. The Morgan fingerprint density at radius 2 is 2.29 bits per heavy atom. The topological polar surface area (TPSA) is 28.2 Å². The molecule has 0 atom stereocenters. The molecule has 0 aromatic carbocycles. The Hall–Kier alpha value is -0.450. The van der Waals surface area contributed by atoms with E-state index in [1.807, 2.05) is 5.51 Å². The third kappa shape index (κ3) is 4.74. The second kappa shape index (κ2) is 5.46. The second-order valence-corrected chi connectivity index (χ2v) is 6.69. The van der Waals surface area contributed by atoms with Gasteiger partial charge in [-0.1, -0.05) is 13.8 Å². The van der Waals surface area contributed by atoms with E-state index in [0.717, 1.165) is 25.7 Å². The highest BCUT2D eigenvalue weighted by atomic mass is 32.1. The lowest BCUT2D eigenvalue weighted by atomic mass is 9.92. The van der Waals surface area contributed by atoms with Gasteiger partial charge in [-0.2, -0.15) is 0 Å². The minimum atomic E-state index is 0.327. The highest BCUT2D eigenvalue weighted by molar-refractivity contribution is 7.07. The van der Waals surface area contributed by atoms with Gasteiger partial charge in [0.1, 0.15) is 0 Å². The lowest BCUT2D eigenvalue weighted by molar-refractivity contribution is 0.197. The molecule has 17 heavy (non-hydrogen) atoms. The predicted octanol–water partition coefficient (Wildman–Crippen LogP) is 2.35. The lowest BCUT2D eigenvalue weighted by Crippen LogP contribution is -2.39. The summed E-state index contributed by atoms with van der Waals surface area (Å²) < 4.78 is 0. The Kier molecular flexibility index (Phi) is 4.17. The van der Waals surface area contributed by atoms with Crippen molar-refractivity contribution in [3.63, 3.8) is 0 Å². The van der Waals surface area contributed by atoms with E-state index in [-0.39, 0.29) is 0 Å². The van der Waals surface area contributed by atoms with Crippen molar-refractivity contribution in [1.82, 2.24) is 15.2 Å². The maximum absolute atomic E-state index is 4.33. The van der Waals surface area contributed by atoms with Crippen LogP contribution in [0.4, 0.5) is 0 Å². The summed E-state index contributed by atoms with van der Waals surface area (Å²) in [6, 6.07) is 0.804. The van der Waals surface area contributed by atoms with Crippen molar-refractivity contribution in [2.75, 3.05) is 20.1 Å². The summed E-state index contributed by atoms with van der Waals surface area (Å²) in [6.45, 7) is 7.83. The maximum Gasteiger partial charge on any atom is 0.0795 e. The van der Waals surface area contributed by atoms with Crippen LogP contribution in [-0.2, 0) is 6.54 Å². The Labute approximate surface area is 108 Å². The van der Waals surface area contributed by atoms with Crippen molar-refractivity contribution in [3.05, 3.63) is 16.6 Å². The molecular weight excluding hydrogens is 230 g/mol. The highest BCUT2D eigenvalue weighted by Crippen LogP contribution is 2.22. The fourth-order valence-electron chi connectivity index (χ4n) is 2.14.